The van der Waals surface area contributed by atoms with E-state index in [2.05, 4.69) is 63.9 Å². The molecule has 0 bridgehead atoms. The minimum Gasteiger partial charge on any atom is -0.338 e. The lowest BCUT2D eigenvalue weighted by atomic mass is 10.1. The van der Waals surface area contributed by atoms with E-state index in [1.807, 2.05) is 0 Å². The number of nitriles is 1. The molecule has 0 fully saturated rings. The molecule has 0 aliphatic rings. The van der Waals surface area contributed by atoms with E-state index >= 15 is 0 Å². The topological polar surface area (TPSA) is 86.5 Å². The lowest BCUT2D eigenvalue weighted by molar-refractivity contribution is 0.981. The van der Waals surface area contributed by atoms with Crippen molar-refractivity contribution in [3.63, 3.8) is 0 Å². The number of benzene rings is 2. The van der Waals surface area contributed by atoms with Crippen LogP contribution in [0.1, 0.15) is 23.6 Å². The largest absolute Gasteiger partial charge is 0.338 e. The fraction of sp³-hybridized carbons (Fsp3) is 0.158. The van der Waals surface area contributed by atoms with Gasteiger partial charge in [0.25, 0.3) is 0 Å². The molecular formula is C19H18N6. The molecule has 0 amide bonds. The first-order valence-electron chi connectivity index (χ1n) is 8.02. The van der Waals surface area contributed by atoms with Gasteiger partial charge in [-0.25, -0.2) is 0 Å². The van der Waals surface area contributed by atoms with Gasteiger partial charge in [-0.2, -0.15) is 15.3 Å². The van der Waals surface area contributed by atoms with E-state index in [9.17, 15) is 0 Å². The van der Waals surface area contributed by atoms with E-state index < -0.39 is 0 Å². The highest BCUT2D eigenvalue weighted by atomic mass is 15.3. The standard InChI is InChI=1S/C19H18N6/c1-3-15-6-4-5-13(2)18(15)23-17-12-21-25-19(24-17)22-16-9-7-14(11-20)8-10-16/h4-10,12H,3H2,1-2H3,(H2,22,23,24,25). The van der Waals surface area contributed by atoms with Gasteiger partial charge in [0.15, 0.2) is 5.82 Å². The van der Waals surface area contributed by atoms with E-state index in [0.29, 0.717) is 17.3 Å². The first-order valence-corrected chi connectivity index (χ1v) is 8.02. The Bertz CT molecular complexity index is 912. The van der Waals surface area contributed by atoms with Crippen molar-refractivity contribution in [2.45, 2.75) is 20.3 Å². The van der Waals surface area contributed by atoms with Crippen LogP contribution in [0, 0.1) is 18.3 Å². The van der Waals surface area contributed by atoms with Crippen molar-refractivity contribution in [3.05, 3.63) is 65.4 Å². The predicted octanol–water partition coefficient (Wildman–Crippen LogP) is 4.10. The molecule has 25 heavy (non-hydrogen) atoms. The van der Waals surface area contributed by atoms with Crippen LogP contribution in [0.4, 0.5) is 23.1 Å². The number of aryl methyl sites for hydroxylation is 2. The minimum atomic E-state index is 0.390. The number of nitrogens with zero attached hydrogens (tertiary/aromatic N) is 4. The number of para-hydroxylation sites is 1. The number of hydrogen-bond donors (Lipinski definition) is 2. The molecule has 0 aliphatic carbocycles. The molecule has 6 nitrogen and oxygen atoms in total. The number of anilines is 4. The number of hydrogen-bond acceptors (Lipinski definition) is 6. The van der Waals surface area contributed by atoms with E-state index in [1.54, 1.807) is 30.5 Å². The second kappa shape index (κ2) is 7.41. The minimum absolute atomic E-state index is 0.390. The van der Waals surface area contributed by atoms with Crippen LogP contribution in [0.15, 0.2) is 48.7 Å². The van der Waals surface area contributed by atoms with Gasteiger partial charge in [0, 0.05) is 11.4 Å². The predicted molar refractivity (Wildman–Crippen MR) is 98.1 cm³/mol. The molecule has 124 valence electrons. The summed E-state index contributed by atoms with van der Waals surface area (Å²) < 4.78 is 0. The normalized spacial score (nSPS) is 10.1. The third kappa shape index (κ3) is 3.90. The maximum Gasteiger partial charge on any atom is 0.249 e. The summed E-state index contributed by atoms with van der Waals surface area (Å²) in [4.78, 5) is 4.46. The number of aromatic nitrogens is 3. The molecule has 0 radical (unpaired) electrons. The van der Waals surface area contributed by atoms with Gasteiger partial charge in [-0.3, -0.25) is 0 Å². The molecule has 0 atom stereocenters. The van der Waals surface area contributed by atoms with Gasteiger partial charge in [-0.1, -0.05) is 25.1 Å². The second-order valence-corrected chi connectivity index (χ2v) is 5.57. The van der Waals surface area contributed by atoms with Crippen molar-refractivity contribution in [1.29, 1.82) is 5.26 Å². The summed E-state index contributed by atoms with van der Waals surface area (Å²) in [6, 6.07) is 15.4. The highest BCUT2D eigenvalue weighted by Gasteiger charge is 2.07. The summed E-state index contributed by atoms with van der Waals surface area (Å²) in [5.74, 6) is 1.01. The first-order chi connectivity index (χ1) is 12.2. The molecule has 3 aromatic rings. The fourth-order valence-corrected chi connectivity index (χ4v) is 2.50. The van der Waals surface area contributed by atoms with Crippen molar-refractivity contribution in [2.75, 3.05) is 10.6 Å². The van der Waals surface area contributed by atoms with Crippen molar-refractivity contribution in [2.24, 2.45) is 0 Å². The maximum atomic E-state index is 8.85. The molecule has 1 heterocycles. The van der Waals surface area contributed by atoms with Gasteiger partial charge in [0.05, 0.1) is 17.8 Å². The fourth-order valence-electron chi connectivity index (χ4n) is 2.50. The van der Waals surface area contributed by atoms with E-state index in [1.165, 1.54) is 5.56 Å². The summed E-state index contributed by atoms with van der Waals surface area (Å²) in [6.07, 6.45) is 2.52. The van der Waals surface area contributed by atoms with Gasteiger partial charge in [-0.15, -0.1) is 5.10 Å². The number of rotatable bonds is 5. The molecule has 0 saturated heterocycles. The smallest absolute Gasteiger partial charge is 0.249 e. The van der Waals surface area contributed by atoms with Crippen molar-refractivity contribution >= 4 is 23.1 Å². The van der Waals surface area contributed by atoms with Crippen molar-refractivity contribution in [3.8, 4) is 6.07 Å². The summed E-state index contributed by atoms with van der Waals surface area (Å²) in [6.45, 7) is 4.18. The van der Waals surface area contributed by atoms with Crippen LogP contribution in [-0.4, -0.2) is 15.2 Å². The SMILES string of the molecule is CCc1cccc(C)c1Nc1cnnc(Nc2ccc(C#N)cc2)n1. The zero-order valence-corrected chi connectivity index (χ0v) is 14.1. The average Bonchev–Trinajstić information content (AvgIpc) is 2.64. The Hall–Kier alpha value is -3.46. The number of nitrogens with one attached hydrogen (secondary N) is 2. The first kappa shape index (κ1) is 16.4. The Labute approximate surface area is 146 Å². The summed E-state index contributed by atoms with van der Waals surface area (Å²) >= 11 is 0. The zero-order valence-electron chi connectivity index (χ0n) is 14.1. The lowest BCUT2D eigenvalue weighted by Gasteiger charge is -2.13. The third-order valence-corrected chi connectivity index (χ3v) is 3.82. The highest BCUT2D eigenvalue weighted by Crippen LogP contribution is 2.24. The van der Waals surface area contributed by atoms with Gasteiger partial charge in [0.2, 0.25) is 5.95 Å². The van der Waals surface area contributed by atoms with Crippen LogP contribution in [0.2, 0.25) is 0 Å². The Morgan fingerprint density at radius 1 is 1.08 bits per heavy atom. The molecule has 3 rings (SSSR count). The molecule has 6 heteroatoms. The van der Waals surface area contributed by atoms with Crippen LogP contribution in [0.5, 0.6) is 0 Å². The molecule has 1 aromatic heterocycles. The van der Waals surface area contributed by atoms with Gasteiger partial charge < -0.3 is 10.6 Å². The van der Waals surface area contributed by atoms with Gasteiger partial charge in [0.1, 0.15) is 0 Å². The molecular weight excluding hydrogens is 312 g/mol. The second-order valence-electron chi connectivity index (χ2n) is 5.57. The molecule has 2 aromatic carbocycles. The molecule has 0 spiro atoms. The molecule has 0 aliphatic heterocycles. The monoisotopic (exact) mass is 330 g/mol. The van der Waals surface area contributed by atoms with Crippen LogP contribution < -0.4 is 10.6 Å². The Morgan fingerprint density at radius 3 is 2.60 bits per heavy atom. The summed E-state index contributed by atoms with van der Waals surface area (Å²) in [7, 11) is 0. The van der Waals surface area contributed by atoms with Crippen LogP contribution in [0.3, 0.4) is 0 Å². The molecule has 2 N–H and O–H groups in total. The molecule has 0 unspecified atom stereocenters. The molecule has 0 saturated carbocycles. The van der Waals surface area contributed by atoms with Crippen LogP contribution >= 0.6 is 0 Å². The van der Waals surface area contributed by atoms with E-state index in [4.69, 9.17) is 5.26 Å². The Kier molecular flexibility index (Phi) is 4.86. The van der Waals surface area contributed by atoms with Crippen molar-refractivity contribution < 1.29 is 0 Å². The van der Waals surface area contributed by atoms with Crippen LogP contribution in [0.25, 0.3) is 0 Å². The summed E-state index contributed by atoms with van der Waals surface area (Å²) in [5.41, 5.74) is 4.82. The zero-order chi connectivity index (χ0) is 17.6. The maximum absolute atomic E-state index is 8.85. The third-order valence-electron chi connectivity index (χ3n) is 3.82. The Balaban J connectivity index is 1.81. The van der Waals surface area contributed by atoms with E-state index in [-0.39, 0.29) is 0 Å². The summed E-state index contributed by atoms with van der Waals surface area (Å²) in [5, 5.41) is 23.3. The van der Waals surface area contributed by atoms with Gasteiger partial charge >= 0.3 is 0 Å². The van der Waals surface area contributed by atoms with Crippen molar-refractivity contribution in [1.82, 2.24) is 15.2 Å². The Morgan fingerprint density at radius 2 is 1.88 bits per heavy atom. The van der Waals surface area contributed by atoms with Crippen LogP contribution in [-0.2, 0) is 6.42 Å². The quantitative estimate of drug-likeness (QED) is 0.732. The van der Waals surface area contributed by atoms with Gasteiger partial charge in [-0.05, 0) is 48.7 Å². The average molecular weight is 330 g/mol. The highest BCUT2D eigenvalue weighted by molar-refractivity contribution is 5.65. The lowest BCUT2D eigenvalue weighted by Crippen LogP contribution is -2.04. The van der Waals surface area contributed by atoms with E-state index in [0.717, 1.165) is 23.4 Å².